The summed E-state index contributed by atoms with van der Waals surface area (Å²) >= 11 is 0. The average molecular weight is 271 g/mol. The fourth-order valence-electron chi connectivity index (χ4n) is 1.60. The molecule has 0 spiro atoms. The maximum atomic E-state index is 13.1. The average Bonchev–Trinajstić information content (AvgIpc) is 2.75. The molecule has 0 bridgehead atoms. The van der Waals surface area contributed by atoms with Crippen LogP contribution in [-0.4, -0.2) is 16.4 Å². The number of ether oxygens (including phenoxy) is 1. The van der Waals surface area contributed by atoms with E-state index in [2.05, 4.69) is 15.2 Å². The maximum absolute atomic E-state index is 13.1. The zero-order chi connectivity index (χ0) is 13.8. The smallest absolute Gasteiger partial charge is 0.387 e. The first-order valence-electron chi connectivity index (χ1n) is 5.50. The van der Waals surface area contributed by atoms with Crippen molar-refractivity contribution < 1.29 is 17.9 Å². The van der Waals surface area contributed by atoms with E-state index in [4.69, 9.17) is 0 Å². The molecule has 0 radical (unpaired) electrons. The number of nitrogens with zero attached hydrogens (tertiary/aromatic N) is 2. The number of hydrogen-bond acceptors (Lipinski definition) is 3. The summed E-state index contributed by atoms with van der Waals surface area (Å²) in [6.07, 6.45) is 3.39. The van der Waals surface area contributed by atoms with Gasteiger partial charge >= 0.3 is 6.61 Å². The van der Waals surface area contributed by atoms with Gasteiger partial charge in [-0.2, -0.15) is 13.9 Å². The van der Waals surface area contributed by atoms with Crippen LogP contribution in [0.5, 0.6) is 5.75 Å². The van der Waals surface area contributed by atoms with Crippen molar-refractivity contribution in [2.24, 2.45) is 7.05 Å². The summed E-state index contributed by atoms with van der Waals surface area (Å²) in [4.78, 5) is 0. The van der Waals surface area contributed by atoms with Gasteiger partial charge in [0.15, 0.2) is 0 Å². The van der Waals surface area contributed by atoms with Crippen LogP contribution in [0.4, 0.5) is 18.9 Å². The van der Waals surface area contributed by atoms with E-state index in [0.717, 1.165) is 23.8 Å². The summed E-state index contributed by atoms with van der Waals surface area (Å²) in [5, 5.41) is 6.81. The second kappa shape index (κ2) is 5.64. The standard InChI is InChI=1S/C12H12F3N3O/c1-18-7-8(6-17-18)5-16-10-4-9(13)2-3-11(10)19-12(14)15/h2-4,6-7,12,16H,5H2,1H3. The largest absolute Gasteiger partial charge is 0.433 e. The molecule has 0 aliphatic heterocycles. The number of halogens is 3. The van der Waals surface area contributed by atoms with Crippen molar-refractivity contribution in [3.8, 4) is 5.75 Å². The molecule has 7 heteroatoms. The minimum atomic E-state index is -2.95. The molecule has 0 atom stereocenters. The van der Waals surface area contributed by atoms with Crippen LogP contribution in [0.2, 0.25) is 0 Å². The Morgan fingerprint density at radius 3 is 2.84 bits per heavy atom. The molecular formula is C12H12F3N3O. The number of anilines is 1. The normalized spacial score (nSPS) is 10.8. The van der Waals surface area contributed by atoms with E-state index in [1.54, 1.807) is 24.1 Å². The number of hydrogen-bond donors (Lipinski definition) is 1. The number of nitrogens with one attached hydrogen (secondary N) is 1. The van der Waals surface area contributed by atoms with E-state index in [-0.39, 0.29) is 11.4 Å². The highest BCUT2D eigenvalue weighted by molar-refractivity contribution is 5.56. The van der Waals surface area contributed by atoms with Gasteiger partial charge in [0.05, 0.1) is 11.9 Å². The lowest BCUT2D eigenvalue weighted by molar-refractivity contribution is -0.0494. The lowest BCUT2D eigenvalue weighted by atomic mass is 10.2. The first-order chi connectivity index (χ1) is 9.04. The molecule has 2 rings (SSSR count). The molecule has 1 heterocycles. The number of aromatic nitrogens is 2. The van der Waals surface area contributed by atoms with Crippen molar-refractivity contribution >= 4 is 5.69 Å². The molecule has 0 unspecified atom stereocenters. The topological polar surface area (TPSA) is 39.1 Å². The number of benzene rings is 1. The fraction of sp³-hybridized carbons (Fsp3) is 0.250. The summed E-state index contributed by atoms with van der Waals surface area (Å²) in [5.41, 5.74) is 1.01. The van der Waals surface area contributed by atoms with Crippen LogP contribution < -0.4 is 10.1 Å². The predicted molar refractivity (Wildman–Crippen MR) is 63.6 cm³/mol. The summed E-state index contributed by atoms with van der Waals surface area (Å²) in [5.74, 6) is -0.629. The fourth-order valence-corrected chi connectivity index (χ4v) is 1.60. The Morgan fingerprint density at radius 2 is 2.21 bits per heavy atom. The Morgan fingerprint density at radius 1 is 1.42 bits per heavy atom. The van der Waals surface area contributed by atoms with Crippen LogP contribution in [0.3, 0.4) is 0 Å². The van der Waals surface area contributed by atoms with Crippen LogP contribution in [0.25, 0.3) is 0 Å². The van der Waals surface area contributed by atoms with Crippen LogP contribution in [0.15, 0.2) is 30.6 Å². The van der Waals surface area contributed by atoms with Crippen molar-refractivity contribution in [1.82, 2.24) is 9.78 Å². The SMILES string of the molecule is Cn1cc(CNc2cc(F)ccc2OC(F)F)cn1. The van der Waals surface area contributed by atoms with Crippen LogP contribution in [-0.2, 0) is 13.6 Å². The lowest BCUT2D eigenvalue weighted by Gasteiger charge is -2.12. The minimum absolute atomic E-state index is 0.0970. The molecule has 0 amide bonds. The van der Waals surface area contributed by atoms with Crippen molar-refractivity contribution in [3.05, 3.63) is 42.0 Å². The monoisotopic (exact) mass is 271 g/mol. The molecule has 0 aliphatic carbocycles. The molecule has 0 aliphatic rings. The summed E-state index contributed by atoms with van der Waals surface area (Å²) in [7, 11) is 1.76. The highest BCUT2D eigenvalue weighted by Gasteiger charge is 2.10. The van der Waals surface area contributed by atoms with Gasteiger partial charge in [0.2, 0.25) is 0 Å². The van der Waals surface area contributed by atoms with Gasteiger partial charge in [0, 0.05) is 31.4 Å². The summed E-state index contributed by atoms with van der Waals surface area (Å²) in [6.45, 7) is -2.62. The van der Waals surface area contributed by atoms with Crippen LogP contribution in [0.1, 0.15) is 5.56 Å². The molecule has 1 N–H and O–H groups in total. The molecule has 1 aromatic carbocycles. The molecule has 0 saturated heterocycles. The van der Waals surface area contributed by atoms with Gasteiger partial charge in [-0.3, -0.25) is 4.68 Å². The predicted octanol–water partition coefficient (Wildman–Crippen LogP) is 2.77. The highest BCUT2D eigenvalue weighted by atomic mass is 19.3. The molecule has 2 aromatic rings. The number of aryl methyl sites for hydroxylation is 1. The van der Waals surface area contributed by atoms with Gasteiger partial charge in [-0.25, -0.2) is 4.39 Å². The zero-order valence-electron chi connectivity index (χ0n) is 10.1. The lowest BCUT2D eigenvalue weighted by Crippen LogP contribution is -2.06. The second-order valence-corrected chi connectivity index (χ2v) is 3.89. The number of rotatable bonds is 5. The summed E-state index contributed by atoms with van der Waals surface area (Å²) in [6, 6.07) is 3.33. The van der Waals surface area contributed by atoms with Gasteiger partial charge in [0.1, 0.15) is 11.6 Å². The third-order valence-electron chi connectivity index (χ3n) is 2.40. The molecule has 102 valence electrons. The molecule has 0 fully saturated rings. The van der Waals surface area contributed by atoms with Gasteiger partial charge in [-0.1, -0.05) is 0 Å². The molecule has 0 saturated carbocycles. The third-order valence-corrected chi connectivity index (χ3v) is 2.40. The van der Waals surface area contributed by atoms with Crippen LogP contribution >= 0.6 is 0 Å². The van der Waals surface area contributed by atoms with Gasteiger partial charge in [-0.05, 0) is 12.1 Å². The van der Waals surface area contributed by atoms with Gasteiger partial charge in [-0.15, -0.1) is 0 Å². The second-order valence-electron chi connectivity index (χ2n) is 3.89. The van der Waals surface area contributed by atoms with Gasteiger partial charge < -0.3 is 10.1 Å². The van der Waals surface area contributed by atoms with E-state index < -0.39 is 12.4 Å². The number of alkyl halides is 2. The van der Waals surface area contributed by atoms with Crippen molar-refractivity contribution in [1.29, 1.82) is 0 Å². The quantitative estimate of drug-likeness (QED) is 0.908. The molecular weight excluding hydrogens is 259 g/mol. The minimum Gasteiger partial charge on any atom is -0.433 e. The van der Waals surface area contributed by atoms with E-state index in [1.807, 2.05) is 0 Å². The van der Waals surface area contributed by atoms with Crippen molar-refractivity contribution in [2.75, 3.05) is 5.32 Å². The first kappa shape index (κ1) is 13.3. The molecule has 19 heavy (non-hydrogen) atoms. The van der Waals surface area contributed by atoms with Crippen LogP contribution in [0, 0.1) is 5.82 Å². The van der Waals surface area contributed by atoms with E-state index >= 15 is 0 Å². The maximum Gasteiger partial charge on any atom is 0.387 e. The Balaban J connectivity index is 2.11. The Hall–Kier alpha value is -2.18. The van der Waals surface area contributed by atoms with E-state index in [0.29, 0.717) is 6.54 Å². The van der Waals surface area contributed by atoms with Gasteiger partial charge in [0.25, 0.3) is 0 Å². The molecule has 4 nitrogen and oxygen atoms in total. The van der Waals surface area contributed by atoms with E-state index in [9.17, 15) is 13.2 Å². The Bertz CT molecular complexity index is 557. The summed E-state index contributed by atoms with van der Waals surface area (Å²) < 4.78 is 43.5. The Labute approximate surface area is 107 Å². The molecule has 1 aromatic heterocycles. The zero-order valence-corrected chi connectivity index (χ0v) is 10.1. The highest BCUT2D eigenvalue weighted by Crippen LogP contribution is 2.27. The van der Waals surface area contributed by atoms with E-state index in [1.165, 1.54) is 0 Å². The third kappa shape index (κ3) is 3.64. The first-order valence-corrected chi connectivity index (χ1v) is 5.50. The van der Waals surface area contributed by atoms with Crippen molar-refractivity contribution in [3.63, 3.8) is 0 Å². The Kier molecular flexibility index (Phi) is 3.94. The van der Waals surface area contributed by atoms with Crippen molar-refractivity contribution in [2.45, 2.75) is 13.2 Å².